The van der Waals surface area contributed by atoms with Crippen molar-refractivity contribution in [3.63, 3.8) is 0 Å². The third-order valence-electron chi connectivity index (χ3n) is 7.39. The molecule has 0 aliphatic heterocycles. The van der Waals surface area contributed by atoms with E-state index in [1.54, 1.807) is 10.8 Å². The number of nitrogens with one attached hydrogen (secondary N) is 2. The first-order chi connectivity index (χ1) is 21.6. The van der Waals surface area contributed by atoms with E-state index < -0.39 is 0 Å². The predicted molar refractivity (Wildman–Crippen MR) is 182 cm³/mol. The zero-order valence-corrected chi connectivity index (χ0v) is 26.3. The Labute approximate surface area is 261 Å². The molecule has 44 heavy (non-hydrogen) atoms. The zero-order valence-electron chi connectivity index (χ0n) is 26.3. The van der Waals surface area contributed by atoms with Gasteiger partial charge in [-0.05, 0) is 69.0 Å². The van der Waals surface area contributed by atoms with Crippen molar-refractivity contribution < 1.29 is 4.74 Å². The van der Waals surface area contributed by atoms with Crippen molar-refractivity contribution in [1.29, 1.82) is 0 Å². The standard InChI is InChI=1S/C24H25N3O2.C13H20N2/c28-24-22(25-15-17-29-21-12-5-2-6-13-21)18-26-23(20-10-3-1-4-11-20)27(24)16-14-19-8-7-9-19;1-4-5-12-6-7-15-10-13(12)8-11(2)9-14-3/h1-6,10-14,18,25H,7-9,15-17H2;6-8,10,14H,4-5,9H2,1-3H3/b;11-8+. The quantitative estimate of drug-likeness (QED) is 0.127. The van der Waals surface area contributed by atoms with Gasteiger partial charge in [0.15, 0.2) is 0 Å². The molecule has 1 aliphatic carbocycles. The Hall–Kier alpha value is -4.49. The van der Waals surface area contributed by atoms with Gasteiger partial charge < -0.3 is 15.4 Å². The molecule has 0 radical (unpaired) electrons. The first-order valence-electron chi connectivity index (χ1n) is 15.6. The van der Waals surface area contributed by atoms with Gasteiger partial charge in [-0.15, -0.1) is 0 Å². The van der Waals surface area contributed by atoms with Crippen LogP contribution in [0.3, 0.4) is 0 Å². The van der Waals surface area contributed by atoms with Crippen molar-refractivity contribution in [3.8, 4) is 17.1 Å². The van der Waals surface area contributed by atoms with Crippen LogP contribution in [0.15, 0.2) is 107 Å². The van der Waals surface area contributed by atoms with Crippen LogP contribution in [0.1, 0.15) is 50.7 Å². The van der Waals surface area contributed by atoms with E-state index in [-0.39, 0.29) is 5.56 Å². The number of hydrogen-bond acceptors (Lipinski definition) is 6. The molecular weight excluding hydrogens is 546 g/mol. The molecule has 0 atom stereocenters. The predicted octanol–water partition coefficient (Wildman–Crippen LogP) is 7.17. The molecule has 2 N–H and O–H groups in total. The summed E-state index contributed by atoms with van der Waals surface area (Å²) in [6.45, 7) is 6.81. The SMILES string of the molecule is CCCc1ccncc1/C=C(\C)CNC.O=c1c(NCCOc2ccccc2)cnc(-c2ccccc2)n1CC=C1CCC1. The molecule has 230 valence electrons. The summed E-state index contributed by atoms with van der Waals surface area (Å²) in [5.41, 5.74) is 6.78. The molecule has 0 saturated heterocycles. The zero-order chi connectivity index (χ0) is 31.0. The van der Waals surface area contributed by atoms with Crippen LogP contribution in [0.4, 0.5) is 5.69 Å². The van der Waals surface area contributed by atoms with Crippen LogP contribution >= 0.6 is 0 Å². The number of likely N-dealkylation sites (N-methyl/N-ethyl adjacent to an activating group) is 1. The Bertz CT molecular complexity index is 1560. The van der Waals surface area contributed by atoms with E-state index in [2.05, 4.69) is 52.7 Å². The van der Waals surface area contributed by atoms with Gasteiger partial charge in [0.05, 0.1) is 6.20 Å². The highest BCUT2D eigenvalue weighted by Crippen LogP contribution is 2.25. The lowest BCUT2D eigenvalue weighted by Crippen LogP contribution is -2.27. The second-order valence-corrected chi connectivity index (χ2v) is 10.9. The minimum atomic E-state index is -0.0604. The van der Waals surface area contributed by atoms with E-state index in [9.17, 15) is 4.79 Å². The summed E-state index contributed by atoms with van der Waals surface area (Å²) in [6.07, 6.45) is 15.6. The second kappa shape index (κ2) is 17.6. The van der Waals surface area contributed by atoms with Crippen molar-refractivity contribution in [2.45, 2.75) is 52.5 Å². The van der Waals surface area contributed by atoms with E-state index in [4.69, 9.17) is 4.74 Å². The number of aromatic nitrogens is 3. The molecule has 0 unspecified atom stereocenters. The molecule has 5 rings (SSSR count). The van der Waals surface area contributed by atoms with Gasteiger partial charge in [-0.25, -0.2) is 4.98 Å². The van der Waals surface area contributed by atoms with Crippen LogP contribution in [0.2, 0.25) is 0 Å². The third kappa shape index (κ3) is 9.78. The van der Waals surface area contributed by atoms with E-state index in [0.717, 1.165) is 37.1 Å². The molecular formula is C37H45N5O2. The van der Waals surface area contributed by atoms with Crippen LogP contribution in [-0.2, 0) is 13.0 Å². The molecule has 0 amide bonds. The van der Waals surface area contributed by atoms with E-state index in [0.29, 0.717) is 31.2 Å². The highest BCUT2D eigenvalue weighted by Gasteiger charge is 2.13. The molecule has 1 fully saturated rings. The lowest BCUT2D eigenvalue weighted by Gasteiger charge is -2.18. The fraction of sp³-hybridized carbons (Fsp3) is 0.324. The molecule has 1 aliphatic rings. The number of rotatable bonds is 13. The molecule has 0 bridgehead atoms. The molecule has 2 aromatic carbocycles. The van der Waals surface area contributed by atoms with Crippen LogP contribution < -0.4 is 20.9 Å². The van der Waals surface area contributed by atoms with Gasteiger partial charge in [0, 0.05) is 37.6 Å². The van der Waals surface area contributed by atoms with Crippen molar-refractivity contribution in [2.75, 3.05) is 32.1 Å². The lowest BCUT2D eigenvalue weighted by atomic mass is 9.92. The fourth-order valence-electron chi connectivity index (χ4n) is 4.93. The normalized spacial score (nSPS) is 12.5. The lowest BCUT2D eigenvalue weighted by molar-refractivity contribution is 0.333. The smallest absolute Gasteiger partial charge is 0.277 e. The molecule has 4 aromatic rings. The topological polar surface area (TPSA) is 81.1 Å². The number of allylic oxidation sites excluding steroid dienone is 2. The summed E-state index contributed by atoms with van der Waals surface area (Å²) < 4.78 is 7.44. The number of benzene rings is 2. The number of hydrogen-bond donors (Lipinski definition) is 2. The first kappa shape index (κ1) is 32.4. The summed E-state index contributed by atoms with van der Waals surface area (Å²) in [4.78, 5) is 21.9. The summed E-state index contributed by atoms with van der Waals surface area (Å²) >= 11 is 0. The number of nitrogens with zero attached hydrogens (tertiary/aromatic N) is 3. The maximum absolute atomic E-state index is 13.1. The van der Waals surface area contributed by atoms with Gasteiger partial charge in [0.1, 0.15) is 23.9 Å². The first-order valence-corrected chi connectivity index (χ1v) is 15.6. The van der Waals surface area contributed by atoms with Crippen molar-refractivity contribution >= 4 is 11.8 Å². The number of aryl methyl sites for hydroxylation is 1. The minimum absolute atomic E-state index is 0.0604. The minimum Gasteiger partial charge on any atom is -0.492 e. The average molecular weight is 592 g/mol. The Morgan fingerprint density at radius 1 is 1.02 bits per heavy atom. The van der Waals surface area contributed by atoms with Gasteiger partial charge >= 0.3 is 0 Å². The van der Waals surface area contributed by atoms with Crippen LogP contribution in [-0.4, -0.2) is 41.3 Å². The average Bonchev–Trinajstić information content (AvgIpc) is 3.02. The Kier molecular flexibility index (Phi) is 13.0. The molecule has 2 aromatic heterocycles. The Morgan fingerprint density at radius 2 is 1.77 bits per heavy atom. The molecule has 0 spiro atoms. The maximum Gasteiger partial charge on any atom is 0.277 e. The van der Waals surface area contributed by atoms with E-state index in [1.807, 2.05) is 80.1 Å². The summed E-state index contributed by atoms with van der Waals surface area (Å²) in [5.74, 6) is 1.51. The number of para-hydroxylation sites is 1. The Balaban J connectivity index is 0.000000249. The molecule has 7 nitrogen and oxygen atoms in total. The van der Waals surface area contributed by atoms with E-state index >= 15 is 0 Å². The maximum atomic E-state index is 13.1. The van der Waals surface area contributed by atoms with Gasteiger partial charge in [-0.3, -0.25) is 14.3 Å². The third-order valence-corrected chi connectivity index (χ3v) is 7.39. The van der Waals surface area contributed by atoms with Crippen LogP contribution in [0.5, 0.6) is 5.75 Å². The number of anilines is 1. The van der Waals surface area contributed by atoms with Crippen LogP contribution in [0, 0.1) is 0 Å². The Morgan fingerprint density at radius 3 is 2.45 bits per heavy atom. The summed E-state index contributed by atoms with van der Waals surface area (Å²) in [7, 11) is 1.97. The second-order valence-electron chi connectivity index (χ2n) is 10.9. The molecule has 1 saturated carbocycles. The van der Waals surface area contributed by atoms with Crippen molar-refractivity contribution in [1.82, 2.24) is 19.9 Å². The highest BCUT2D eigenvalue weighted by atomic mass is 16.5. The molecule has 2 heterocycles. The highest BCUT2D eigenvalue weighted by molar-refractivity contribution is 5.57. The fourth-order valence-corrected chi connectivity index (χ4v) is 4.93. The number of pyridine rings is 1. The van der Waals surface area contributed by atoms with Gasteiger partial charge in [0.25, 0.3) is 5.56 Å². The van der Waals surface area contributed by atoms with Crippen molar-refractivity contribution in [2.24, 2.45) is 0 Å². The summed E-state index contributed by atoms with van der Waals surface area (Å²) in [6, 6.07) is 21.6. The van der Waals surface area contributed by atoms with Crippen molar-refractivity contribution in [3.05, 3.63) is 124 Å². The summed E-state index contributed by atoms with van der Waals surface area (Å²) in [5, 5.41) is 6.33. The monoisotopic (exact) mass is 591 g/mol. The van der Waals surface area contributed by atoms with Gasteiger partial charge in [-0.2, -0.15) is 0 Å². The van der Waals surface area contributed by atoms with Crippen LogP contribution in [0.25, 0.3) is 17.5 Å². The van der Waals surface area contributed by atoms with Gasteiger partial charge in [0.2, 0.25) is 0 Å². The molecule has 7 heteroatoms. The number of ether oxygens (including phenoxy) is 1. The van der Waals surface area contributed by atoms with E-state index in [1.165, 1.54) is 35.1 Å². The largest absolute Gasteiger partial charge is 0.492 e. The van der Waals surface area contributed by atoms with Gasteiger partial charge in [-0.1, -0.05) is 85.2 Å².